The van der Waals surface area contributed by atoms with E-state index in [9.17, 15) is 4.79 Å². The second-order valence-electron chi connectivity index (χ2n) is 7.72. The normalized spacial score (nSPS) is 11.6. The second kappa shape index (κ2) is 11.5. The van der Waals surface area contributed by atoms with Crippen molar-refractivity contribution >= 4 is 28.7 Å². The van der Waals surface area contributed by atoms with Crippen LogP contribution in [0.1, 0.15) is 60.3 Å². The van der Waals surface area contributed by atoms with Crippen molar-refractivity contribution in [1.29, 1.82) is 0 Å². The Hall–Kier alpha value is -2.69. The smallest absolute Gasteiger partial charge is 0.224 e. The lowest BCUT2D eigenvalue weighted by molar-refractivity contribution is -0.118. The van der Waals surface area contributed by atoms with Gasteiger partial charge in [-0.2, -0.15) is 10.2 Å². The van der Waals surface area contributed by atoms with Crippen molar-refractivity contribution in [3.63, 3.8) is 0 Å². The van der Waals surface area contributed by atoms with Crippen LogP contribution < -0.4 is 10.2 Å². The first-order chi connectivity index (χ1) is 14.5. The van der Waals surface area contributed by atoms with E-state index in [1.165, 1.54) is 5.69 Å². The van der Waals surface area contributed by atoms with Crippen LogP contribution in [-0.4, -0.2) is 19.0 Å². The van der Waals surface area contributed by atoms with Gasteiger partial charge in [0.25, 0.3) is 0 Å². The van der Waals surface area contributed by atoms with Crippen LogP contribution in [0.3, 0.4) is 0 Å². The summed E-state index contributed by atoms with van der Waals surface area (Å²) in [5, 5.41) is 11.6. The van der Waals surface area contributed by atoms with E-state index < -0.39 is 0 Å². The van der Waals surface area contributed by atoms with Crippen LogP contribution in [0.25, 0.3) is 0 Å². The number of hydrogen-bond donors (Lipinski definition) is 1. The van der Waals surface area contributed by atoms with Gasteiger partial charge in [-0.1, -0.05) is 20.8 Å². The van der Waals surface area contributed by atoms with E-state index in [2.05, 4.69) is 67.2 Å². The summed E-state index contributed by atoms with van der Waals surface area (Å²) in [6, 6.07) is 15.6. The number of carbonyl (C=O) groups is 1. The first-order valence-corrected chi connectivity index (χ1v) is 11.2. The highest BCUT2D eigenvalue weighted by Gasteiger charge is 2.27. The average molecular weight is 409 g/mol. The fourth-order valence-electron chi connectivity index (χ4n) is 3.72. The van der Waals surface area contributed by atoms with Crippen LogP contribution in [0.5, 0.6) is 0 Å². The Bertz CT molecular complexity index is 796. The van der Waals surface area contributed by atoms with Crippen molar-refractivity contribution in [2.45, 2.75) is 60.3 Å². The van der Waals surface area contributed by atoms with Crippen LogP contribution in [0.15, 0.2) is 58.8 Å². The summed E-state index contributed by atoms with van der Waals surface area (Å²) < 4.78 is 0. The molecule has 1 amide bonds. The lowest BCUT2D eigenvalue weighted by Crippen LogP contribution is -2.26. The van der Waals surface area contributed by atoms with E-state index >= 15 is 0 Å². The summed E-state index contributed by atoms with van der Waals surface area (Å²) in [6.07, 6.45) is 3.61. The number of nitrogens with one attached hydrogen (secondary N) is 1. The number of amides is 1. The summed E-state index contributed by atoms with van der Waals surface area (Å²) in [7, 11) is 0. The third kappa shape index (κ3) is 6.41. The molecule has 0 atom stereocenters. The number of hydrogen-bond acceptors (Lipinski definition) is 4. The SMILES string of the molecule is CCN(CC)c1ccc(/N=N\c2ccc(NC(=O)CC(CC)(CC)CC)cc2)cc1. The minimum absolute atomic E-state index is 0.0724. The molecule has 0 aromatic heterocycles. The van der Waals surface area contributed by atoms with Gasteiger partial charge in [0.1, 0.15) is 0 Å². The van der Waals surface area contributed by atoms with Crippen molar-refractivity contribution in [2.75, 3.05) is 23.3 Å². The van der Waals surface area contributed by atoms with E-state index in [0.717, 1.165) is 49.4 Å². The zero-order valence-electron chi connectivity index (χ0n) is 19.1. The molecule has 162 valence electrons. The van der Waals surface area contributed by atoms with Crippen LogP contribution in [0.2, 0.25) is 0 Å². The number of nitrogens with zero attached hydrogens (tertiary/aromatic N) is 3. The third-order valence-electron chi connectivity index (χ3n) is 6.20. The maximum absolute atomic E-state index is 12.5. The van der Waals surface area contributed by atoms with Crippen LogP contribution in [0.4, 0.5) is 22.7 Å². The molecule has 0 bridgehead atoms. The predicted molar refractivity (Wildman–Crippen MR) is 127 cm³/mol. The van der Waals surface area contributed by atoms with E-state index in [1.54, 1.807) is 0 Å². The molecule has 0 radical (unpaired) electrons. The van der Waals surface area contributed by atoms with E-state index in [1.807, 2.05) is 36.4 Å². The number of carbonyl (C=O) groups excluding carboxylic acids is 1. The maximum atomic E-state index is 12.5. The first kappa shape index (κ1) is 23.6. The monoisotopic (exact) mass is 408 g/mol. The van der Waals surface area contributed by atoms with Gasteiger partial charge in [-0.05, 0) is 87.1 Å². The Balaban J connectivity index is 1.96. The molecule has 5 heteroatoms. The molecular formula is C25H36N4O. The second-order valence-corrected chi connectivity index (χ2v) is 7.72. The van der Waals surface area contributed by atoms with Crippen LogP contribution >= 0.6 is 0 Å². The highest BCUT2D eigenvalue weighted by molar-refractivity contribution is 5.91. The summed E-state index contributed by atoms with van der Waals surface area (Å²) >= 11 is 0. The van der Waals surface area contributed by atoms with Gasteiger partial charge >= 0.3 is 0 Å². The lowest BCUT2D eigenvalue weighted by atomic mass is 9.77. The molecule has 0 spiro atoms. The molecule has 2 aromatic carbocycles. The molecule has 0 aliphatic carbocycles. The van der Waals surface area contributed by atoms with Gasteiger partial charge < -0.3 is 10.2 Å². The standard InChI is InChI=1S/C25H36N4O/c1-6-25(7-2,8-3)19-24(30)26-20-11-13-21(14-12-20)27-28-22-15-17-23(18-16-22)29(9-4)10-5/h11-18H,6-10,19H2,1-5H3,(H,26,30)/b28-27-. The molecular weight excluding hydrogens is 372 g/mol. The molecule has 0 heterocycles. The molecule has 0 aliphatic heterocycles. The zero-order valence-corrected chi connectivity index (χ0v) is 19.1. The summed E-state index contributed by atoms with van der Waals surface area (Å²) in [5.74, 6) is 0.0724. The molecule has 0 saturated carbocycles. The summed E-state index contributed by atoms with van der Waals surface area (Å²) in [6.45, 7) is 12.8. The minimum Gasteiger partial charge on any atom is -0.372 e. The molecule has 30 heavy (non-hydrogen) atoms. The van der Waals surface area contributed by atoms with E-state index in [0.29, 0.717) is 6.42 Å². The molecule has 1 N–H and O–H groups in total. The summed E-state index contributed by atoms with van der Waals surface area (Å²) in [4.78, 5) is 14.8. The highest BCUT2D eigenvalue weighted by atomic mass is 16.1. The van der Waals surface area contributed by atoms with Crippen LogP contribution in [-0.2, 0) is 4.79 Å². The van der Waals surface area contributed by atoms with Crippen LogP contribution in [0, 0.1) is 5.41 Å². The van der Waals surface area contributed by atoms with Crippen molar-refractivity contribution in [3.05, 3.63) is 48.5 Å². The Morgan fingerprint density at radius 2 is 1.27 bits per heavy atom. The number of anilines is 2. The molecule has 2 rings (SSSR count). The van der Waals surface area contributed by atoms with Gasteiger partial charge in [0.15, 0.2) is 0 Å². The molecule has 0 fully saturated rings. The van der Waals surface area contributed by atoms with Gasteiger partial charge in [-0.3, -0.25) is 4.79 Å². The van der Waals surface area contributed by atoms with Crippen molar-refractivity contribution < 1.29 is 4.79 Å². The van der Waals surface area contributed by atoms with Gasteiger partial charge in [0, 0.05) is 30.9 Å². The van der Waals surface area contributed by atoms with E-state index in [-0.39, 0.29) is 11.3 Å². The Labute approximate surface area is 181 Å². The maximum Gasteiger partial charge on any atom is 0.224 e. The fraction of sp³-hybridized carbons (Fsp3) is 0.480. The predicted octanol–water partition coefficient (Wildman–Crippen LogP) is 7.49. The zero-order chi connectivity index (χ0) is 22.0. The fourth-order valence-corrected chi connectivity index (χ4v) is 3.72. The van der Waals surface area contributed by atoms with Gasteiger partial charge in [-0.25, -0.2) is 0 Å². The van der Waals surface area contributed by atoms with Gasteiger partial charge in [-0.15, -0.1) is 0 Å². The molecule has 0 unspecified atom stereocenters. The first-order valence-electron chi connectivity index (χ1n) is 11.2. The Morgan fingerprint density at radius 1 is 0.800 bits per heavy atom. The quantitative estimate of drug-likeness (QED) is 0.391. The largest absolute Gasteiger partial charge is 0.372 e. The van der Waals surface area contributed by atoms with Crippen molar-refractivity contribution in [3.8, 4) is 0 Å². The molecule has 0 aliphatic rings. The Kier molecular flexibility index (Phi) is 9.03. The third-order valence-corrected chi connectivity index (χ3v) is 6.20. The van der Waals surface area contributed by atoms with Gasteiger partial charge in [0.05, 0.1) is 11.4 Å². The lowest BCUT2D eigenvalue weighted by Gasteiger charge is -2.29. The average Bonchev–Trinajstić information content (AvgIpc) is 2.79. The number of benzene rings is 2. The number of rotatable bonds is 11. The van der Waals surface area contributed by atoms with Gasteiger partial charge in [0.2, 0.25) is 5.91 Å². The molecule has 2 aromatic rings. The Morgan fingerprint density at radius 3 is 1.70 bits per heavy atom. The number of azo groups is 1. The van der Waals surface area contributed by atoms with Crippen molar-refractivity contribution in [2.24, 2.45) is 15.6 Å². The molecule has 5 nitrogen and oxygen atoms in total. The van der Waals surface area contributed by atoms with E-state index in [4.69, 9.17) is 0 Å². The minimum atomic E-state index is 0.0724. The summed E-state index contributed by atoms with van der Waals surface area (Å²) in [5.41, 5.74) is 3.65. The van der Waals surface area contributed by atoms with Crippen molar-refractivity contribution in [1.82, 2.24) is 0 Å². The highest BCUT2D eigenvalue weighted by Crippen LogP contribution is 2.34. The topological polar surface area (TPSA) is 57.1 Å². The molecule has 0 saturated heterocycles.